The van der Waals surface area contributed by atoms with E-state index in [-0.39, 0.29) is 52.1 Å². The number of hydrogen-bond acceptors (Lipinski definition) is 9. The molecule has 4 atom stereocenters. The van der Waals surface area contributed by atoms with Crippen molar-refractivity contribution in [1.29, 1.82) is 0 Å². The van der Waals surface area contributed by atoms with Crippen LogP contribution in [-0.2, 0) is 24.8 Å². The molecule has 0 saturated carbocycles. The Morgan fingerprint density at radius 2 is 1.80 bits per heavy atom. The molecule has 1 amide bonds. The lowest BCUT2D eigenvalue weighted by Crippen LogP contribution is -2.48. The lowest BCUT2D eigenvalue weighted by molar-refractivity contribution is -0.00833. The number of aliphatic hydroxyl groups is 1. The van der Waals surface area contributed by atoms with E-state index in [4.69, 9.17) is 9.47 Å². The van der Waals surface area contributed by atoms with Gasteiger partial charge < -0.3 is 19.5 Å². The number of carbonyl (C=O) groups excluding carboxylic acids is 1. The maximum absolute atomic E-state index is 14.3. The molecule has 1 aliphatic heterocycles. The molecule has 4 rings (SSSR count). The largest absolute Gasteiger partial charge is 0.490 e. The zero-order valence-corrected chi connectivity index (χ0v) is 29.0. The number of anilines is 1. The Bertz CT molecular complexity index is 1650. The van der Waals surface area contributed by atoms with Crippen LogP contribution in [-0.4, -0.2) is 88.7 Å². The van der Waals surface area contributed by atoms with Gasteiger partial charge in [-0.05, 0) is 74.9 Å². The van der Waals surface area contributed by atoms with E-state index in [9.17, 15) is 26.7 Å². The highest BCUT2D eigenvalue weighted by molar-refractivity contribution is 7.94. The van der Waals surface area contributed by atoms with Gasteiger partial charge >= 0.3 is 0 Å². The summed E-state index contributed by atoms with van der Waals surface area (Å²) in [6, 6.07) is 15.3. The van der Waals surface area contributed by atoms with Gasteiger partial charge in [-0.1, -0.05) is 31.2 Å². The summed E-state index contributed by atoms with van der Waals surface area (Å²) < 4.78 is 69.1. The van der Waals surface area contributed by atoms with E-state index in [0.29, 0.717) is 18.8 Å². The molecule has 0 spiro atoms. The van der Waals surface area contributed by atoms with E-state index in [1.54, 1.807) is 60.8 Å². The van der Waals surface area contributed by atoms with Gasteiger partial charge in [0.1, 0.15) is 9.96 Å². The maximum atomic E-state index is 14.3. The smallest absolute Gasteiger partial charge is 0.271 e. The molecular formula is C32H43N3O8S3. The van der Waals surface area contributed by atoms with Crippen molar-refractivity contribution in [1.82, 2.24) is 9.21 Å². The third-order valence-corrected chi connectivity index (χ3v) is 12.6. The van der Waals surface area contributed by atoms with Crippen LogP contribution in [0.4, 0.5) is 5.69 Å². The van der Waals surface area contributed by atoms with Gasteiger partial charge in [-0.25, -0.2) is 16.8 Å². The van der Waals surface area contributed by atoms with Gasteiger partial charge in [-0.3, -0.25) is 9.52 Å². The van der Waals surface area contributed by atoms with Gasteiger partial charge in [0.25, 0.3) is 15.9 Å². The molecule has 1 aliphatic rings. The highest BCUT2D eigenvalue weighted by Crippen LogP contribution is 2.30. The number of hydrogen-bond donors (Lipinski definition) is 2. The second-order valence-corrected chi connectivity index (χ2v) is 16.5. The molecule has 0 aliphatic carbocycles. The second-order valence-electron chi connectivity index (χ2n) is 11.6. The van der Waals surface area contributed by atoms with Crippen LogP contribution in [0.15, 0.2) is 75.1 Å². The number of benzene rings is 2. The van der Waals surface area contributed by atoms with Crippen molar-refractivity contribution in [3.8, 4) is 5.75 Å². The van der Waals surface area contributed by atoms with E-state index in [0.717, 1.165) is 24.2 Å². The third-order valence-electron chi connectivity index (χ3n) is 7.95. The zero-order chi connectivity index (χ0) is 33.5. The molecule has 46 heavy (non-hydrogen) atoms. The summed E-state index contributed by atoms with van der Waals surface area (Å²) in [6.45, 7) is 5.75. The van der Waals surface area contributed by atoms with Gasteiger partial charge in [0.15, 0.2) is 0 Å². The van der Waals surface area contributed by atoms with E-state index >= 15 is 0 Å². The van der Waals surface area contributed by atoms with Crippen molar-refractivity contribution in [3.05, 3.63) is 71.6 Å². The zero-order valence-electron chi connectivity index (χ0n) is 26.5. The van der Waals surface area contributed by atoms with Crippen molar-refractivity contribution >= 4 is 43.0 Å². The first-order chi connectivity index (χ1) is 21.8. The van der Waals surface area contributed by atoms with Crippen LogP contribution in [0.2, 0.25) is 0 Å². The number of sulfonamides is 2. The van der Waals surface area contributed by atoms with Gasteiger partial charge in [0.2, 0.25) is 10.0 Å². The molecule has 252 valence electrons. The van der Waals surface area contributed by atoms with Crippen LogP contribution < -0.4 is 9.46 Å². The third kappa shape index (κ3) is 8.87. The molecule has 0 fully saturated rings. The average molecular weight is 694 g/mol. The van der Waals surface area contributed by atoms with Crippen molar-refractivity contribution in [3.63, 3.8) is 0 Å². The van der Waals surface area contributed by atoms with E-state index in [1.165, 1.54) is 28.4 Å². The summed E-state index contributed by atoms with van der Waals surface area (Å²) >= 11 is 1.08. The van der Waals surface area contributed by atoms with Gasteiger partial charge in [0, 0.05) is 38.3 Å². The molecule has 2 aromatic carbocycles. The number of rotatable bonds is 9. The predicted molar refractivity (Wildman–Crippen MR) is 178 cm³/mol. The highest BCUT2D eigenvalue weighted by Gasteiger charge is 2.32. The number of nitrogens with zero attached hydrogens (tertiary/aromatic N) is 2. The molecule has 11 nitrogen and oxygen atoms in total. The Kier molecular flexibility index (Phi) is 12.2. The second kappa shape index (κ2) is 15.7. The summed E-state index contributed by atoms with van der Waals surface area (Å²) in [6.07, 6.45) is 1.34. The van der Waals surface area contributed by atoms with E-state index in [2.05, 4.69) is 4.72 Å². The minimum atomic E-state index is -3.88. The topological polar surface area (TPSA) is 143 Å². The SMILES string of the molecule is C[C@@H]1CCCCO[C@@H](CN(C)S(=O)(=O)c2ccccc2)[C@@H](C)CN([C@@H](C)CO)C(=O)c2cc(NS(=O)(=O)c3cccs3)ccc2O1. The fourth-order valence-corrected chi connectivity index (χ4v) is 8.44. The van der Waals surface area contributed by atoms with Gasteiger partial charge in [0.05, 0.1) is 35.3 Å². The maximum Gasteiger partial charge on any atom is 0.271 e. The monoisotopic (exact) mass is 693 g/mol. The van der Waals surface area contributed by atoms with Crippen molar-refractivity contribution in [2.75, 3.05) is 38.1 Å². The normalized spacial score (nSPS) is 21.2. The first-order valence-corrected chi connectivity index (χ1v) is 19.1. The molecule has 2 N–H and O–H groups in total. The summed E-state index contributed by atoms with van der Waals surface area (Å²) in [4.78, 5) is 16.0. The molecule has 1 aromatic heterocycles. The standard InChI is InChI=1S/C32H43N3O8S3/c1-23-20-35(24(2)22-36)32(37)28-19-26(33-45(38,39)31-14-10-18-44-31)15-16-29(28)43-25(3)11-8-9-17-42-30(23)21-34(4)46(40,41)27-12-6-5-7-13-27/h5-7,10,12-16,18-19,23-25,30,33,36H,8-9,11,17,20-22H2,1-4H3/t23-,24-,25+,30-/m0/s1. The number of likely N-dealkylation sites (N-methyl/N-ethyl adjacent to an activating group) is 1. The molecule has 2 heterocycles. The number of thiophene rings is 1. The number of fused-ring (bicyclic) bond motifs is 1. The van der Waals surface area contributed by atoms with Crippen LogP contribution in [0, 0.1) is 5.92 Å². The number of nitrogens with one attached hydrogen (secondary N) is 1. The fraction of sp³-hybridized carbons (Fsp3) is 0.469. The Morgan fingerprint density at radius 1 is 1.07 bits per heavy atom. The summed E-state index contributed by atoms with van der Waals surface area (Å²) in [7, 11) is -6.16. The van der Waals surface area contributed by atoms with Crippen LogP contribution in [0.5, 0.6) is 5.75 Å². The van der Waals surface area contributed by atoms with Crippen molar-refractivity contribution in [2.24, 2.45) is 5.92 Å². The minimum Gasteiger partial charge on any atom is -0.490 e. The molecule has 14 heteroatoms. The molecule has 0 bridgehead atoms. The lowest BCUT2D eigenvalue weighted by atomic mass is 10.0. The minimum absolute atomic E-state index is 0.0542. The van der Waals surface area contributed by atoms with Crippen molar-refractivity contribution < 1.29 is 36.2 Å². The number of amides is 1. The summed E-state index contributed by atoms with van der Waals surface area (Å²) in [5, 5.41) is 11.8. The first kappa shape index (κ1) is 35.8. The molecule has 0 unspecified atom stereocenters. The Hall–Kier alpha value is -3.01. The first-order valence-electron chi connectivity index (χ1n) is 15.2. The van der Waals surface area contributed by atoms with Crippen LogP contribution in [0.25, 0.3) is 0 Å². The van der Waals surface area contributed by atoms with Gasteiger partial charge in [-0.15, -0.1) is 11.3 Å². The van der Waals surface area contributed by atoms with Crippen LogP contribution >= 0.6 is 11.3 Å². The quantitative estimate of drug-likeness (QED) is 0.330. The molecule has 0 saturated heterocycles. The van der Waals surface area contributed by atoms with Crippen molar-refractivity contribution in [2.45, 2.75) is 67.4 Å². The van der Waals surface area contributed by atoms with E-state index < -0.39 is 38.1 Å². The number of ether oxygens (including phenoxy) is 2. The Balaban J connectivity index is 1.67. The number of aliphatic hydroxyl groups excluding tert-OH is 1. The molecular weight excluding hydrogens is 651 g/mol. The van der Waals surface area contributed by atoms with Crippen LogP contribution in [0.1, 0.15) is 50.4 Å². The molecule has 0 radical (unpaired) electrons. The Labute approximate surface area is 276 Å². The van der Waals surface area contributed by atoms with Gasteiger partial charge in [-0.2, -0.15) is 4.31 Å². The average Bonchev–Trinajstić information content (AvgIpc) is 3.59. The lowest BCUT2D eigenvalue weighted by Gasteiger charge is -2.35. The highest BCUT2D eigenvalue weighted by atomic mass is 32.2. The summed E-state index contributed by atoms with van der Waals surface area (Å²) in [5.74, 6) is -0.509. The summed E-state index contributed by atoms with van der Waals surface area (Å²) in [5.41, 5.74) is 0.334. The predicted octanol–water partition coefficient (Wildman–Crippen LogP) is 4.67. The van der Waals surface area contributed by atoms with E-state index in [1.807, 2.05) is 13.8 Å². The molecule has 3 aromatic rings. The fourth-order valence-electron chi connectivity index (χ4n) is 5.19. The van der Waals surface area contributed by atoms with Crippen LogP contribution in [0.3, 0.4) is 0 Å². The number of carbonyl (C=O) groups is 1. The Morgan fingerprint density at radius 3 is 2.48 bits per heavy atom.